The van der Waals surface area contributed by atoms with Crippen molar-refractivity contribution in [3.8, 4) is 0 Å². The fourth-order valence-corrected chi connectivity index (χ4v) is 2.40. The minimum absolute atomic E-state index is 0.0220. The van der Waals surface area contributed by atoms with E-state index >= 15 is 0 Å². The Balaban J connectivity index is 1.86. The summed E-state index contributed by atoms with van der Waals surface area (Å²) >= 11 is 0. The second-order valence-electron chi connectivity index (χ2n) is 5.93. The van der Waals surface area contributed by atoms with Gasteiger partial charge in [0.2, 0.25) is 5.91 Å². The summed E-state index contributed by atoms with van der Waals surface area (Å²) in [5.74, 6) is 0.0220. The van der Waals surface area contributed by atoms with Crippen molar-refractivity contribution in [2.24, 2.45) is 5.41 Å². The van der Waals surface area contributed by atoms with Crippen LogP contribution < -0.4 is 11.1 Å². The number of nitrogen functional groups attached to an aromatic ring is 1. The lowest BCUT2D eigenvalue weighted by atomic mass is 9.84. The smallest absolute Gasteiger partial charge is 0.238 e. The van der Waals surface area contributed by atoms with Crippen molar-refractivity contribution in [2.75, 3.05) is 30.7 Å². The molecule has 0 radical (unpaired) electrons. The molecule has 0 aliphatic carbocycles. The summed E-state index contributed by atoms with van der Waals surface area (Å²) in [5, 5.41) is 2.88. The van der Waals surface area contributed by atoms with Crippen LogP contribution in [0.15, 0.2) is 18.2 Å². The number of benzene rings is 1. The highest BCUT2D eigenvalue weighted by Crippen LogP contribution is 2.28. The van der Waals surface area contributed by atoms with Crippen molar-refractivity contribution in [1.29, 1.82) is 0 Å². The van der Waals surface area contributed by atoms with Gasteiger partial charge in [0.05, 0.1) is 6.54 Å². The van der Waals surface area contributed by atoms with E-state index in [1.807, 2.05) is 19.1 Å². The summed E-state index contributed by atoms with van der Waals surface area (Å²) in [6.45, 7) is 8.79. The minimum atomic E-state index is 0.0220. The molecule has 1 heterocycles. The van der Waals surface area contributed by atoms with Gasteiger partial charge in [-0.15, -0.1) is 0 Å². The largest absolute Gasteiger partial charge is 0.398 e. The van der Waals surface area contributed by atoms with Gasteiger partial charge in [0, 0.05) is 24.5 Å². The summed E-state index contributed by atoms with van der Waals surface area (Å²) in [7, 11) is 0. The van der Waals surface area contributed by atoms with E-state index in [1.54, 1.807) is 6.07 Å². The number of hydrogen-bond donors (Lipinski definition) is 2. The maximum Gasteiger partial charge on any atom is 0.238 e. The van der Waals surface area contributed by atoms with Gasteiger partial charge in [0.25, 0.3) is 0 Å². The third-order valence-electron chi connectivity index (χ3n) is 3.23. The number of likely N-dealkylation sites (tertiary alicyclic amines) is 1. The lowest BCUT2D eigenvalue weighted by Gasteiger charge is -2.45. The standard InChI is InChI=1S/C14H21N3O/c1-10-4-5-11(6-12(10)15)16-13(18)7-17-8-14(2,3)9-17/h4-6H,7-9,15H2,1-3H3,(H,16,18). The third kappa shape index (κ3) is 3.01. The topological polar surface area (TPSA) is 58.4 Å². The van der Waals surface area contributed by atoms with Gasteiger partial charge >= 0.3 is 0 Å². The average Bonchev–Trinajstić information content (AvgIpc) is 2.21. The lowest BCUT2D eigenvalue weighted by Crippen LogP contribution is -2.54. The Labute approximate surface area is 108 Å². The highest BCUT2D eigenvalue weighted by atomic mass is 16.2. The molecular formula is C14H21N3O. The number of nitrogens with two attached hydrogens (primary N) is 1. The van der Waals surface area contributed by atoms with E-state index in [9.17, 15) is 4.79 Å². The molecule has 0 spiro atoms. The molecule has 1 fully saturated rings. The molecule has 1 aliphatic rings. The van der Waals surface area contributed by atoms with Crippen molar-refractivity contribution >= 4 is 17.3 Å². The molecule has 1 aromatic rings. The second-order valence-corrected chi connectivity index (χ2v) is 5.93. The van der Waals surface area contributed by atoms with Crippen LogP contribution >= 0.6 is 0 Å². The third-order valence-corrected chi connectivity index (χ3v) is 3.23. The lowest BCUT2D eigenvalue weighted by molar-refractivity contribution is -0.120. The molecule has 0 atom stereocenters. The van der Waals surface area contributed by atoms with Gasteiger partial charge in [-0.3, -0.25) is 9.69 Å². The Morgan fingerprint density at radius 2 is 2.11 bits per heavy atom. The zero-order chi connectivity index (χ0) is 13.3. The van der Waals surface area contributed by atoms with Gasteiger partial charge in [-0.05, 0) is 30.0 Å². The van der Waals surface area contributed by atoms with Crippen molar-refractivity contribution in [3.63, 3.8) is 0 Å². The van der Waals surface area contributed by atoms with Crippen molar-refractivity contribution < 1.29 is 4.79 Å². The molecule has 0 aromatic heterocycles. The van der Waals surface area contributed by atoms with Crippen LogP contribution in [0.3, 0.4) is 0 Å². The van der Waals surface area contributed by atoms with Crippen LogP contribution in [0.25, 0.3) is 0 Å². The number of amides is 1. The second kappa shape index (κ2) is 4.61. The van der Waals surface area contributed by atoms with Gasteiger partial charge in [0.1, 0.15) is 0 Å². The molecule has 3 N–H and O–H groups in total. The molecule has 18 heavy (non-hydrogen) atoms. The van der Waals surface area contributed by atoms with E-state index in [2.05, 4.69) is 24.1 Å². The zero-order valence-electron chi connectivity index (χ0n) is 11.3. The van der Waals surface area contributed by atoms with Crippen LogP contribution in [0.1, 0.15) is 19.4 Å². The molecule has 0 bridgehead atoms. The van der Waals surface area contributed by atoms with Crippen LogP contribution in [0.5, 0.6) is 0 Å². The average molecular weight is 247 g/mol. The maximum absolute atomic E-state index is 11.8. The van der Waals surface area contributed by atoms with Crippen molar-refractivity contribution in [2.45, 2.75) is 20.8 Å². The van der Waals surface area contributed by atoms with E-state index in [0.29, 0.717) is 17.6 Å². The Bertz CT molecular complexity index is 460. The van der Waals surface area contributed by atoms with Crippen LogP contribution in [-0.2, 0) is 4.79 Å². The van der Waals surface area contributed by atoms with E-state index in [0.717, 1.165) is 24.3 Å². The number of carbonyl (C=O) groups is 1. The molecular weight excluding hydrogens is 226 g/mol. The van der Waals surface area contributed by atoms with Crippen LogP contribution in [0.4, 0.5) is 11.4 Å². The number of carbonyl (C=O) groups excluding carboxylic acids is 1. The fourth-order valence-electron chi connectivity index (χ4n) is 2.40. The predicted octanol–water partition coefficient (Wildman–Crippen LogP) is 1.86. The van der Waals surface area contributed by atoms with Gasteiger partial charge in [-0.2, -0.15) is 0 Å². The number of anilines is 2. The summed E-state index contributed by atoms with van der Waals surface area (Å²) < 4.78 is 0. The summed E-state index contributed by atoms with van der Waals surface area (Å²) in [6, 6.07) is 5.59. The van der Waals surface area contributed by atoms with Gasteiger partial charge in [-0.1, -0.05) is 19.9 Å². The number of nitrogens with zero attached hydrogens (tertiary/aromatic N) is 1. The Morgan fingerprint density at radius 3 is 2.67 bits per heavy atom. The molecule has 1 amide bonds. The Hall–Kier alpha value is -1.55. The summed E-state index contributed by atoms with van der Waals surface area (Å²) in [6.07, 6.45) is 0. The normalized spacial score (nSPS) is 18.2. The molecule has 4 heteroatoms. The van der Waals surface area contributed by atoms with Gasteiger partial charge in [0.15, 0.2) is 0 Å². The Kier molecular flexibility index (Phi) is 3.30. The van der Waals surface area contributed by atoms with E-state index in [1.165, 1.54) is 0 Å². The molecule has 0 unspecified atom stereocenters. The quantitative estimate of drug-likeness (QED) is 0.801. The summed E-state index contributed by atoms with van der Waals surface area (Å²) in [4.78, 5) is 14.0. The van der Waals surface area contributed by atoms with E-state index in [4.69, 9.17) is 5.73 Å². The number of hydrogen-bond acceptors (Lipinski definition) is 3. The van der Waals surface area contributed by atoms with Gasteiger partial charge in [-0.25, -0.2) is 0 Å². The first-order chi connectivity index (χ1) is 8.35. The first-order valence-electron chi connectivity index (χ1n) is 6.24. The number of aryl methyl sites for hydroxylation is 1. The van der Waals surface area contributed by atoms with Crippen LogP contribution in [0, 0.1) is 12.3 Å². The van der Waals surface area contributed by atoms with Gasteiger partial charge < -0.3 is 11.1 Å². The molecule has 4 nitrogen and oxygen atoms in total. The monoisotopic (exact) mass is 247 g/mol. The first kappa shape index (κ1) is 12.9. The van der Waals surface area contributed by atoms with E-state index in [-0.39, 0.29) is 5.91 Å². The molecule has 1 saturated heterocycles. The molecule has 98 valence electrons. The minimum Gasteiger partial charge on any atom is -0.398 e. The summed E-state index contributed by atoms with van der Waals surface area (Å²) in [5.41, 5.74) is 8.66. The molecule has 1 aromatic carbocycles. The van der Waals surface area contributed by atoms with Crippen LogP contribution in [-0.4, -0.2) is 30.4 Å². The van der Waals surface area contributed by atoms with E-state index < -0.39 is 0 Å². The fraction of sp³-hybridized carbons (Fsp3) is 0.500. The van der Waals surface area contributed by atoms with Crippen molar-refractivity contribution in [1.82, 2.24) is 4.90 Å². The highest BCUT2D eigenvalue weighted by Gasteiger charge is 2.34. The highest BCUT2D eigenvalue weighted by molar-refractivity contribution is 5.92. The molecule has 0 saturated carbocycles. The molecule has 2 rings (SSSR count). The van der Waals surface area contributed by atoms with Crippen molar-refractivity contribution in [3.05, 3.63) is 23.8 Å². The predicted molar refractivity (Wildman–Crippen MR) is 74.4 cm³/mol. The van der Waals surface area contributed by atoms with Crippen LogP contribution in [0.2, 0.25) is 0 Å². The first-order valence-corrected chi connectivity index (χ1v) is 6.24. The number of rotatable bonds is 3. The maximum atomic E-state index is 11.8. The zero-order valence-corrected chi connectivity index (χ0v) is 11.3. The SMILES string of the molecule is Cc1ccc(NC(=O)CN2CC(C)(C)C2)cc1N. The Morgan fingerprint density at radius 1 is 1.44 bits per heavy atom. The molecule has 1 aliphatic heterocycles. The number of nitrogens with one attached hydrogen (secondary N) is 1.